The van der Waals surface area contributed by atoms with Crippen molar-refractivity contribution in [3.63, 3.8) is 0 Å². The maximum absolute atomic E-state index is 12.5. The highest BCUT2D eigenvalue weighted by Crippen LogP contribution is 2.25. The number of amides is 1. The summed E-state index contributed by atoms with van der Waals surface area (Å²) < 4.78 is 4.72. The van der Waals surface area contributed by atoms with Gasteiger partial charge in [0.1, 0.15) is 5.69 Å². The molecule has 2 aromatic rings. The van der Waals surface area contributed by atoms with E-state index in [2.05, 4.69) is 15.1 Å². The van der Waals surface area contributed by atoms with Crippen molar-refractivity contribution in [1.82, 2.24) is 4.90 Å². The Labute approximate surface area is 180 Å². The second-order valence-corrected chi connectivity index (χ2v) is 7.63. The van der Waals surface area contributed by atoms with Crippen LogP contribution in [-0.2, 0) is 9.53 Å². The topological polar surface area (TPSA) is 105 Å². The molecule has 1 aliphatic heterocycles. The van der Waals surface area contributed by atoms with Gasteiger partial charge in [-0.05, 0) is 49.7 Å². The van der Waals surface area contributed by atoms with Crippen molar-refractivity contribution in [3.05, 3.63) is 63.7 Å². The minimum atomic E-state index is -0.491. The van der Waals surface area contributed by atoms with Crippen molar-refractivity contribution in [2.24, 2.45) is 0 Å². The average Bonchev–Trinajstić information content (AvgIpc) is 2.75. The van der Waals surface area contributed by atoms with Gasteiger partial charge in [0.25, 0.3) is 5.69 Å². The fraction of sp³-hybridized carbons (Fsp3) is 0.364. The Bertz CT molecular complexity index is 976. The molecule has 9 nitrogen and oxygen atoms in total. The monoisotopic (exact) mass is 426 g/mol. The molecular weight excluding hydrogens is 400 g/mol. The van der Waals surface area contributed by atoms with E-state index in [1.165, 1.54) is 13.2 Å². The zero-order chi connectivity index (χ0) is 22.5. The van der Waals surface area contributed by atoms with Crippen LogP contribution in [0.5, 0.6) is 0 Å². The summed E-state index contributed by atoms with van der Waals surface area (Å²) in [6, 6.07) is 12.1. The first-order valence-corrected chi connectivity index (χ1v) is 10.0. The van der Waals surface area contributed by atoms with E-state index in [-0.39, 0.29) is 35.8 Å². The maximum Gasteiger partial charge on any atom is 0.337 e. The number of carbonyl (C=O) groups is 2. The van der Waals surface area contributed by atoms with Gasteiger partial charge >= 0.3 is 5.97 Å². The third-order valence-corrected chi connectivity index (χ3v) is 5.39. The van der Waals surface area contributed by atoms with Gasteiger partial charge in [-0.15, -0.1) is 0 Å². The number of methoxy groups -OCH3 is 1. The number of esters is 1. The first-order valence-electron chi connectivity index (χ1n) is 10.0. The predicted molar refractivity (Wildman–Crippen MR) is 117 cm³/mol. The highest BCUT2D eigenvalue weighted by atomic mass is 16.6. The van der Waals surface area contributed by atoms with Gasteiger partial charge in [-0.25, -0.2) is 4.79 Å². The minimum Gasteiger partial charge on any atom is -0.465 e. The average molecular weight is 426 g/mol. The highest BCUT2D eigenvalue weighted by Gasteiger charge is 2.26. The van der Waals surface area contributed by atoms with Crippen LogP contribution in [0.1, 0.15) is 22.8 Å². The van der Waals surface area contributed by atoms with E-state index >= 15 is 0 Å². The lowest BCUT2D eigenvalue weighted by atomic mass is 10.1. The summed E-state index contributed by atoms with van der Waals surface area (Å²) in [7, 11) is 1.35. The van der Waals surface area contributed by atoms with Crippen LogP contribution >= 0.6 is 0 Å². The summed E-state index contributed by atoms with van der Waals surface area (Å²) >= 11 is 0. The number of benzene rings is 2. The van der Waals surface area contributed by atoms with Crippen LogP contribution in [0, 0.1) is 17.0 Å². The largest absolute Gasteiger partial charge is 0.465 e. The standard InChI is InChI=1S/C22H26N4O5/c1-15-4-9-19(20(12-15)26(29)30)23-21(27)14-24-10-11-25(13-16(24)2)18-7-5-17(6-8-18)22(28)31-3/h4-9,12,16H,10-11,13-14H2,1-3H3,(H,23,27). The first kappa shape index (κ1) is 22.2. The van der Waals surface area contributed by atoms with Gasteiger partial charge in [-0.1, -0.05) is 6.07 Å². The number of hydrogen-bond donors (Lipinski definition) is 1. The van der Waals surface area contributed by atoms with Gasteiger partial charge in [0.05, 0.1) is 24.1 Å². The molecule has 0 aliphatic carbocycles. The first-order chi connectivity index (χ1) is 14.8. The summed E-state index contributed by atoms with van der Waals surface area (Å²) in [5.41, 5.74) is 2.35. The lowest BCUT2D eigenvalue weighted by Crippen LogP contribution is -2.53. The van der Waals surface area contributed by atoms with Gasteiger partial charge in [0.2, 0.25) is 5.91 Å². The molecule has 0 saturated carbocycles. The molecular formula is C22H26N4O5. The van der Waals surface area contributed by atoms with Gasteiger partial charge in [-0.3, -0.25) is 19.8 Å². The molecule has 1 atom stereocenters. The lowest BCUT2D eigenvalue weighted by Gasteiger charge is -2.40. The molecule has 3 rings (SSSR count). The molecule has 1 heterocycles. The molecule has 31 heavy (non-hydrogen) atoms. The Hall–Kier alpha value is -3.46. The molecule has 1 amide bonds. The maximum atomic E-state index is 12.5. The number of hydrogen-bond acceptors (Lipinski definition) is 7. The third-order valence-electron chi connectivity index (χ3n) is 5.39. The number of nitro benzene ring substituents is 1. The Balaban J connectivity index is 1.58. The number of nitrogens with one attached hydrogen (secondary N) is 1. The zero-order valence-electron chi connectivity index (χ0n) is 17.8. The summed E-state index contributed by atoms with van der Waals surface area (Å²) in [6.45, 7) is 6.07. The van der Waals surface area contributed by atoms with E-state index in [0.717, 1.165) is 24.3 Å². The summed E-state index contributed by atoms with van der Waals surface area (Å²) in [5, 5.41) is 13.9. The SMILES string of the molecule is COC(=O)c1ccc(N2CCN(CC(=O)Nc3ccc(C)cc3[N+](=O)[O-])C(C)C2)cc1. The fourth-order valence-electron chi connectivity index (χ4n) is 3.66. The van der Waals surface area contributed by atoms with Crippen molar-refractivity contribution >= 4 is 28.9 Å². The molecule has 1 fully saturated rings. The molecule has 0 spiro atoms. The minimum absolute atomic E-state index is 0.104. The molecule has 0 radical (unpaired) electrons. The smallest absolute Gasteiger partial charge is 0.337 e. The normalized spacial score (nSPS) is 16.6. The Morgan fingerprint density at radius 1 is 1.19 bits per heavy atom. The molecule has 0 aromatic heterocycles. The molecule has 2 aromatic carbocycles. The quantitative estimate of drug-likeness (QED) is 0.430. The van der Waals surface area contributed by atoms with Crippen molar-refractivity contribution in [1.29, 1.82) is 0 Å². The second kappa shape index (κ2) is 9.57. The number of nitrogens with zero attached hydrogens (tertiary/aromatic N) is 3. The summed E-state index contributed by atoms with van der Waals surface area (Å²) in [4.78, 5) is 39.1. The number of rotatable bonds is 6. The van der Waals surface area contributed by atoms with Crippen LogP contribution in [0.25, 0.3) is 0 Å². The molecule has 1 aliphatic rings. The third kappa shape index (κ3) is 5.37. The van der Waals surface area contributed by atoms with Crippen LogP contribution < -0.4 is 10.2 Å². The lowest BCUT2D eigenvalue weighted by molar-refractivity contribution is -0.384. The van der Waals surface area contributed by atoms with Crippen LogP contribution in [0.2, 0.25) is 0 Å². The number of carbonyl (C=O) groups excluding carboxylic acids is 2. The molecule has 1 saturated heterocycles. The summed E-state index contributed by atoms with van der Waals surface area (Å²) in [5.74, 6) is -0.653. The fourth-order valence-corrected chi connectivity index (χ4v) is 3.66. The number of piperazine rings is 1. The van der Waals surface area contributed by atoms with E-state index in [0.29, 0.717) is 12.1 Å². The van der Waals surface area contributed by atoms with Crippen LogP contribution in [0.15, 0.2) is 42.5 Å². The van der Waals surface area contributed by atoms with Crippen molar-refractivity contribution in [2.75, 3.05) is 43.5 Å². The second-order valence-electron chi connectivity index (χ2n) is 7.63. The van der Waals surface area contributed by atoms with E-state index < -0.39 is 4.92 Å². The molecule has 1 N–H and O–H groups in total. The number of anilines is 2. The van der Waals surface area contributed by atoms with E-state index in [4.69, 9.17) is 4.74 Å². The van der Waals surface area contributed by atoms with Crippen molar-refractivity contribution < 1.29 is 19.2 Å². The number of aryl methyl sites for hydroxylation is 1. The van der Waals surface area contributed by atoms with Crippen LogP contribution in [0.3, 0.4) is 0 Å². The van der Waals surface area contributed by atoms with Crippen molar-refractivity contribution in [3.8, 4) is 0 Å². The van der Waals surface area contributed by atoms with E-state index in [1.807, 2.05) is 19.1 Å². The number of nitro groups is 1. The van der Waals surface area contributed by atoms with E-state index in [9.17, 15) is 19.7 Å². The Kier molecular flexibility index (Phi) is 6.86. The predicted octanol–water partition coefficient (Wildman–Crippen LogP) is 2.84. The molecule has 1 unspecified atom stereocenters. The van der Waals surface area contributed by atoms with Gasteiger partial charge in [0.15, 0.2) is 0 Å². The Morgan fingerprint density at radius 2 is 1.90 bits per heavy atom. The number of ether oxygens (including phenoxy) is 1. The van der Waals surface area contributed by atoms with E-state index in [1.54, 1.807) is 31.2 Å². The summed E-state index contributed by atoms with van der Waals surface area (Å²) in [6.07, 6.45) is 0. The Morgan fingerprint density at radius 3 is 2.52 bits per heavy atom. The van der Waals surface area contributed by atoms with Gasteiger partial charge in [0, 0.05) is 37.4 Å². The van der Waals surface area contributed by atoms with Crippen LogP contribution in [-0.4, -0.2) is 61.0 Å². The van der Waals surface area contributed by atoms with Gasteiger partial charge in [-0.2, -0.15) is 0 Å². The molecule has 9 heteroatoms. The van der Waals surface area contributed by atoms with Crippen molar-refractivity contribution in [2.45, 2.75) is 19.9 Å². The highest BCUT2D eigenvalue weighted by molar-refractivity contribution is 5.94. The molecule has 0 bridgehead atoms. The molecule has 164 valence electrons. The zero-order valence-corrected chi connectivity index (χ0v) is 17.8. The van der Waals surface area contributed by atoms with Gasteiger partial charge < -0.3 is 15.0 Å². The van der Waals surface area contributed by atoms with Crippen LogP contribution in [0.4, 0.5) is 17.1 Å².